The quantitative estimate of drug-likeness (QED) is 0.407. The number of thiocarbonyl (C=S) groups is 1. The number of isothiocyanates is 1. The van der Waals surface area contributed by atoms with Gasteiger partial charge in [-0.25, -0.2) is 9.79 Å². The van der Waals surface area contributed by atoms with E-state index in [1.165, 1.54) is 0 Å². The first-order valence-corrected chi connectivity index (χ1v) is 9.81. The molecule has 0 saturated heterocycles. The third-order valence-electron chi connectivity index (χ3n) is 5.77. The minimum Gasteiger partial charge on any atom is -0.464 e. The summed E-state index contributed by atoms with van der Waals surface area (Å²) in [4.78, 5) is 17.7. The summed E-state index contributed by atoms with van der Waals surface area (Å²) in [5.41, 5.74) is 0.598. The molecule has 0 amide bonds. The number of carbonyl (C=O) groups is 1. The van der Waals surface area contributed by atoms with Crippen LogP contribution in [0.2, 0.25) is 0 Å². The molecule has 0 heterocycles. The van der Waals surface area contributed by atoms with Gasteiger partial charge >= 0.3 is 5.97 Å². The molecule has 0 aromatic heterocycles. The van der Waals surface area contributed by atoms with Gasteiger partial charge < -0.3 is 9.47 Å². The molecule has 1 saturated carbocycles. The molecule has 1 aromatic rings. The van der Waals surface area contributed by atoms with E-state index in [1.54, 1.807) is 7.11 Å². The molecule has 1 fully saturated rings. The predicted octanol–water partition coefficient (Wildman–Crippen LogP) is 4.44. The molecule has 0 N–H and O–H groups in total. The zero-order valence-corrected chi connectivity index (χ0v) is 16.9. The number of hydrogen-bond acceptors (Lipinski definition) is 5. The van der Waals surface area contributed by atoms with E-state index in [4.69, 9.17) is 21.7 Å². The molecule has 4 nitrogen and oxygen atoms in total. The Morgan fingerprint density at radius 3 is 2.76 bits per heavy atom. The fourth-order valence-corrected chi connectivity index (χ4v) is 5.09. The number of rotatable bonds is 4. The lowest BCUT2D eigenvalue weighted by atomic mass is 9.61. The number of ether oxygens (including phenoxy) is 2. The van der Waals surface area contributed by atoms with E-state index in [1.807, 2.05) is 19.1 Å². The van der Waals surface area contributed by atoms with E-state index in [-0.39, 0.29) is 17.5 Å². The largest absolute Gasteiger partial charge is 0.464 e. The van der Waals surface area contributed by atoms with Crippen LogP contribution in [-0.4, -0.2) is 31.0 Å². The Hall–Kier alpha value is -1.07. The number of benzene rings is 1. The molecular formula is C19H22BrNO3S. The zero-order chi connectivity index (χ0) is 18.1. The van der Waals surface area contributed by atoms with Gasteiger partial charge in [0.15, 0.2) is 5.54 Å². The minimum atomic E-state index is -1.11. The highest BCUT2D eigenvalue weighted by molar-refractivity contribution is 9.10. The summed E-state index contributed by atoms with van der Waals surface area (Å²) in [6.45, 7) is 2.13. The van der Waals surface area contributed by atoms with E-state index >= 15 is 0 Å². The third kappa shape index (κ3) is 2.89. The molecule has 2 aliphatic rings. The number of halogens is 1. The van der Waals surface area contributed by atoms with Gasteiger partial charge in [0.2, 0.25) is 0 Å². The Labute approximate surface area is 162 Å². The maximum Gasteiger partial charge on any atom is 0.340 e. The van der Waals surface area contributed by atoms with Crippen LogP contribution in [-0.2, 0) is 26.2 Å². The lowest BCUT2D eigenvalue weighted by molar-refractivity contribution is -0.157. The smallest absolute Gasteiger partial charge is 0.340 e. The van der Waals surface area contributed by atoms with E-state index in [9.17, 15) is 4.79 Å². The molecular weight excluding hydrogens is 402 g/mol. The molecule has 0 radical (unpaired) electrons. The maximum absolute atomic E-state index is 13.2. The average Bonchev–Trinajstić information content (AvgIpc) is 2.86. The second kappa shape index (κ2) is 7.28. The van der Waals surface area contributed by atoms with Crippen LogP contribution in [0.3, 0.4) is 0 Å². The molecule has 134 valence electrons. The first-order valence-electron chi connectivity index (χ1n) is 8.61. The monoisotopic (exact) mass is 423 g/mol. The Morgan fingerprint density at radius 1 is 1.44 bits per heavy atom. The second-order valence-electron chi connectivity index (χ2n) is 6.83. The average molecular weight is 424 g/mol. The van der Waals surface area contributed by atoms with E-state index < -0.39 is 5.54 Å². The summed E-state index contributed by atoms with van der Waals surface area (Å²) in [6.07, 6.45) is 4.52. The summed E-state index contributed by atoms with van der Waals surface area (Å²) in [5.74, 6) is -0.319. The number of hydrogen-bond donors (Lipinski definition) is 0. The predicted molar refractivity (Wildman–Crippen MR) is 103 cm³/mol. The highest BCUT2D eigenvalue weighted by atomic mass is 79.9. The number of nitrogens with zero attached hydrogens (tertiary/aromatic N) is 1. The van der Waals surface area contributed by atoms with Gasteiger partial charge in [-0.05, 0) is 74.5 Å². The Balaban J connectivity index is 2.18. The highest BCUT2D eigenvalue weighted by Gasteiger charge is 2.64. The number of aliphatic imine (C=N–C) groups is 1. The van der Waals surface area contributed by atoms with Crippen LogP contribution in [0.25, 0.3) is 0 Å². The van der Waals surface area contributed by atoms with Gasteiger partial charge in [0, 0.05) is 17.0 Å². The van der Waals surface area contributed by atoms with Gasteiger partial charge in [0.05, 0.1) is 17.9 Å². The van der Waals surface area contributed by atoms with Gasteiger partial charge in [-0.1, -0.05) is 22.0 Å². The van der Waals surface area contributed by atoms with Crippen molar-refractivity contribution in [3.63, 3.8) is 0 Å². The van der Waals surface area contributed by atoms with Gasteiger partial charge in [0.1, 0.15) is 0 Å². The Kier molecular flexibility index (Phi) is 5.45. The molecule has 1 atom stereocenters. The molecule has 1 spiro atoms. The van der Waals surface area contributed by atoms with Crippen molar-refractivity contribution in [2.75, 3.05) is 13.7 Å². The third-order valence-corrected chi connectivity index (χ3v) is 6.35. The number of carbonyl (C=O) groups excluding carboxylic acids is 1. The van der Waals surface area contributed by atoms with Gasteiger partial charge in [0.25, 0.3) is 0 Å². The summed E-state index contributed by atoms with van der Waals surface area (Å²) in [7, 11) is 1.75. The first kappa shape index (κ1) is 18.7. The zero-order valence-electron chi connectivity index (χ0n) is 14.5. The summed E-state index contributed by atoms with van der Waals surface area (Å²) in [6, 6.07) is 6.07. The van der Waals surface area contributed by atoms with Crippen molar-refractivity contribution in [2.45, 2.75) is 50.7 Å². The minimum absolute atomic E-state index is 0.234. The van der Waals surface area contributed by atoms with Crippen molar-refractivity contribution >= 4 is 39.3 Å². The summed E-state index contributed by atoms with van der Waals surface area (Å²) < 4.78 is 11.9. The van der Waals surface area contributed by atoms with Crippen LogP contribution in [0.15, 0.2) is 27.7 Å². The SMILES string of the molecule is CCOC(=O)C1(N=C=S)c2cc(Br)ccc2C[C@]12CC[C@@H](OC)CC2. The lowest BCUT2D eigenvalue weighted by Gasteiger charge is -2.45. The van der Waals surface area contributed by atoms with E-state index in [0.29, 0.717) is 6.61 Å². The highest BCUT2D eigenvalue weighted by Crippen LogP contribution is 2.60. The molecule has 1 aromatic carbocycles. The van der Waals surface area contributed by atoms with Gasteiger partial charge in [-0.15, -0.1) is 0 Å². The number of fused-ring (bicyclic) bond motifs is 1. The van der Waals surface area contributed by atoms with Gasteiger partial charge in [-0.3, -0.25) is 0 Å². The standard InChI is InChI=1S/C19H22BrNO3S/c1-3-24-17(22)19(21-12-25)16-10-14(20)5-4-13(16)11-18(19)8-6-15(23-2)7-9-18/h4-5,10,15H,3,6-9,11H2,1-2H3/t15-,18-,19?. The lowest BCUT2D eigenvalue weighted by Crippen LogP contribution is -2.51. The van der Waals surface area contributed by atoms with Crippen molar-refractivity contribution in [3.8, 4) is 0 Å². The van der Waals surface area contributed by atoms with E-state index in [0.717, 1.165) is 47.7 Å². The summed E-state index contributed by atoms with van der Waals surface area (Å²) >= 11 is 8.49. The van der Waals surface area contributed by atoms with Crippen LogP contribution in [0.5, 0.6) is 0 Å². The fourth-order valence-electron chi connectivity index (χ4n) is 4.59. The van der Waals surface area contributed by atoms with E-state index in [2.05, 4.69) is 32.1 Å². The Morgan fingerprint density at radius 2 is 2.16 bits per heavy atom. The van der Waals surface area contributed by atoms with Crippen LogP contribution in [0.1, 0.15) is 43.7 Å². The van der Waals surface area contributed by atoms with Crippen LogP contribution >= 0.6 is 28.1 Å². The molecule has 0 bridgehead atoms. The normalized spacial score (nSPS) is 30.6. The molecule has 1 unspecified atom stereocenters. The first-order chi connectivity index (χ1) is 12.0. The molecule has 2 aliphatic carbocycles. The molecule has 6 heteroatoms. The Bertz CT molecular complexity index is 723. The summed E-state index contributed by atoms with van der Waals surface area (Å²) in [5, 5.41) is 2.51. The molecule has 0 aliphatic heterocycles. The second-order valence-corrected chi connectivity index (χ2v) is 7.93. The maximum atomic E-state index is 13.2. The number of esters is 1. The van der Waals surface area contributed by atoms with Crippen LogP contribution in [0.4, 0.5) is 0 Å². The number of methoxy groups -OCH3 is 1. The molecule has 25 heavy (non-hydrogen) atoms. The van der Waals surface area contributed by atoms with Crippen molar-refractivity contribution in [3.05, 3.63) is 33.8 Å². The van der Waals surface area contributed by atoms with Crippen LogP contribution < -0.4 is 0 Å². The van der Waals surface area contributed by atoms with Crippen molar-refractivity contribution in [2.24, 2.45) is 10.4 Å². The van der Waals surface area contributed by atoms with Crippen molar-refractivity contribution < 1.29 is 14.3 Å². The molecule has 3 rings (SSSR count). The van der Waals surface area contributed by atoms with Crippen molar-refractivity contribution in [1.82, 2.24) is 0 Å². The fraction of sp³-hybridized carbons (Fsp3) is 0.579. The van der Waals surface area contributed by atoms with Crippen LogP contribution in [0, 0.1) is 5.41 Å². The van der Waals surface area contributed by atoms with Gasteiger partial charge in [-0.2, -0.15) is 0 Å². The topological polar surface area (TPSA) is 47.9 Å². The van der Waals surface area contributed by atoms with Crippen molar-refractivity contribution in [1.29, 1.82) is 0 Å².